The fourth-order valence-corrected chi connectivity index (χ4v) is 4.48. The lowest BCUT2D eigenvalue weighted by Crippen LogP contribution is -2.41. The van der Waals surface area contributed by atoms with Crippen LogP contribution in [0.3, 0.4) is 0 Å². The molecule has 0 aromatic heterocycles. The summed E-state index contributed by atoms with van der Waals surface area (Å²) < 4.78 is 5.90. The molecule has 0 spiro atoms. The molecule has 2 rings (SSSR count). The number of hydrogen-bond donors (Lipinski definition) is 4. The van der Waals surface area contributed by atoms with Crippen LogP contribution in [0.25, 0.3) is 0 Å². The summed E-state index contributed by atoms with van der Waals surface area (Å²) in [6.07, 6.45) is 12.4. The third-order valence-electron chi connectivity index (χ3n) is 5.52. The minimum atomic E-state index is -0.261. The van der Waals surface area contributed by atoms with E-state index in [-0.39, 0.29) is 17.0 Å². The van der Waals surface area contributed by atoms with Crippen molar-refractivity contribution in [3.63, 3.8) is 0 Å². The van der Waals surface area contributed by atoms with E-state index in [4.69, 9.17) is 17.4 Å². The molecule has 5 nitrogen and oxygen atoms in total. The molecule has 6 heteroatoms. The molecule has 1 fully saturated rings. The van der Waals surface area contributed by atoms with Gasteiger partial charge in [0.2, 0.25) is 0 Å². The Balaban J connectivity index is 1.79. The number of nitrogens with one attached hydrogen (secondary N) is 2. The highest BCUT2D eigenvalue weighted by atomic mass is 32.1. The minimum absolute atomic E-state index is 0.0920. The van der Waals surface area contributed by atoms with Gasteiger partial charge in [-0.2, -0.15) is 12.6 Å². The summed E-state index contributed by atoms with van der Waals surface area (Å²) in [5.74, 6) is 1.06. The molecule has 0 bridgehead atoms. The summed E-state index contributed by atoms with van der Waals surface area (Å²) in [4.78, 5) is 2.45. The van der Waals surface area contributed by atoms with Gasteiger partial charge in [-0.1, -0.05) is 32.3 Å². The Kier molecular flexibility index (Phi) is 8.99. The van der Waals surface area contributed by atoms with Crippen LogP contribution in [0.2, 0.25) is 0 Å². The van der Waals surface area contributed by atoms with Gasteiger partial charge >= 0.3 is 0 Å². The number of nitrogens with zero attached hydrogens (tertiary/aromatic N) is 1. The molecule has 0 amide bonds. The Labute approximate surface area is 171 Å². The second kappa shape index (κ2) is 10.7. The standard InChI is InChI=1S/C21H39N3O2S/c1-5-6-7-10-17(25)15-23-16(2)24-19-13-18(14-21(3,27)20(19)24)26-12-9-8-11-22-4/h8,11,13,16-17,19-20,22-23,25,27H,5-7,9-10,12,14-15H2,1-4H3/b11-8-/t16-,17?,19-,20?,21-,24?/m1/s1. The summed E-state index contributed by atoms with van der Waals surface area (Å²) in [6, 6.07) is 0.806. The van der Waals surface area contributed by atoms with Crippen molar-refractivity contribution in [1.82, 2.24) is 15.5 Å². The van der Waals surface area contributed by atoms with E-state index in [1.807, 2.05) is 13.2 Å². The fourth-order valence-electron chi connectivity index (χ4n) is 4.04. The second-order valence-corrected chi connectivity index (χ2v) is 9.13. The van der Waals surface area contributed by atoms with E-state index in [2.05, 4.69) is 48.5 Å². The number of aliphatic hydroxyl groups excluding tert-OH is 1. The van der Waals surface area contributed by atoms with Crippen LogP contribution in [0.5, 0.6) is 0 Å². The zero-order chi connectivity index (χ0) is 19.9. The summed E-state index contributed by atoms with van der Waals surface area (Å²) in [6.45, 7) is 7.92. The van der Waals surface area contributed by atoms with Gasteiger partial charge in [-0.05, 0) is 32.5 Å². The monoisotopic (exact) mass is 397 g/mol. The van der Waals surface area contributed by atoms with Crippen molar-refractivity contribution >= 4 is 12.6 Å². The lowest BCUT2D eigenvalue weighted by Gasteiger charge is -2.28. The second-order valence-electron chi connectivity index (χ2n) is 8.11. The average molecular weight is 398 g/mol. The van der Waals surface area contributed by atoms with E-state index in [0.717, 1.165) is 31.4 Å². The fraction of sp³-hybridized carbons (Fsp3) is 0.810. The van der Waals surface area contributed by atoms with Gasteiger partial charge in [0.1, 0.15) is 0 Å². The molecular weight excluding hydrogens is 358 g/mol. The van der Waals surface area contributed by atoms with E-state index in [1.165, 1.54) is 12.8 Å². The largest absolute Gasteiger partial charge is 0.498 e. The normalized spacial score (nSPS) is 31.9. The number of unbranched alkanes of at least 4 members (excludes halogenated alkanes) is 2. The predicted octanol–water partition coefficient (Wildman–Crippen LogP) is 3.03. The summed E-state index contributed by atoms with van der Waals surface area (Å²) >= 11 is 4.95. The van der Waals surface area contributed by atoms with E-state index in [9.17, 15) is 5.11 Å². The molecule has 1 saturated heterocycles. The van der Waals surface area contributed by atoms with E-state index >= 15 is 0 Å². The average Bonchev–Trinajstić information content (AvgIpc) is 3.35. The van der Waals surface area contributed by atoms with Gasteiger partial charge in [-0.3, -0.25) is 10.2 Å². The number of hydrogen-bond acceptors (Lipinski definition) is 6. The highest BCUT2D eigenvalue weighted by molar-refractivity contribution is 7.81. The third-order valence-corrected chi connectivity index (χ3v) is 5.94. The van der Waals surface area contributed by atoms with Gasteiger partial charge < -0.3 is 15.2 Å². The van der Waals surface area contributed by atoms with Crippen LogP contribution in [0.15, 0.2) is 24.1 Å². The van der Waals surface area contributed by atoms with Gasteiger partial charge in [-0.25, -0.2) is 0 Å². The maximum absolute atomic E-state index is 10.2. The quantitative estimate of drug-likeness (QED) is 0.219. The molecule has 2 aliphatic rings. The SMILES string of the molecule is CCCCCC(O)CN[C@@H](C)N1C2[C@H]1C=C(OCC/C=C\NC)C[C@@]2(C)S. The van der Waals surface area contributed by atoms with Crippen LogP contribution in [0.1, 0.15) is 59.3 Å². The van der Waals surface area contributed by atoms with Crippen LogP contribution < -0.4 is 10.6 Å². The highest BCUT2D eigenvalue weighted by Crippen LogP contribution is 2.49. The molecule has 156 valence electrons. The molecule has 0 aromatic carbocycles. The van der Waals surface area contributed by atoms with Crippen molar-refractivity contribution in [1.29, 1.82) is 0 Å². The van der Waals surface area contributed by atoms with E-state index < -0.39 is 0 Å². The van der Waals surface area contributed by atoms with E-state index in [1.54, 1.807) is 0 Å². The first-order chi connectivity index (χ1) is 12.9. The molecule has 0 saturated carbocycles. The lowest BCUT2D eigenvalue weighted by molar-refractivity contribution is 0.145. The topological polar surface area (TPSA) is 56.5 Å². The van der Waals surface area contributed by atoms with Crippen molar-refractivity contribution in [3.05, 3.63) is 24.1 Å². The predicted molar refractivity (Wildman–Crippen MR) is 116 cm³/mol. The van der Waals surface area contributed by atoms with E-state index in [0.29, 0.717) is 25.2 Å². The Morgan fingerprint density at radius 3 is 2.96 bits per heavy atom. The van der Waals surface area contributed by atoms with Gasteiger partial charge in [0.25, 0.3) is 0 Å². The minimum Gasteiger partial charge on any atom is -0.498 e. The summed E-state index contributed by atoms with van der Waals surface area (Å²) in [7, 11) is 1.90. The van der Waals surface area contributed by atoms with Gasteiger partial charge in [0.05, 0.1) is 30.7 Å². The zero-order valence-electron chi connectivity index (χ0n) is 17.4. The van der Waals surface area contributed by atoms with Gasteiger partial charge in [0.15, 0.2) is 0 Å². The smallest absolute Gasteiger partial charge is 0.0950 e. The van der Waals surface area contributed by atoms with Crippen LogP contribution in [0.4, 0.5) is 0 Å². The third kappa shape index (κ3) is 6.70. The number of allylic oxidation sites excluding steroid dienone is 1. The van der Waals surface area contributed by atoms with Gasteiger partial charge in [-0.15, -0.1) is 0 Å². The molecule has 3 N–H and O–H groups in total. The Hall–Kier alpha value is -0.690. The summed E-state index contributed by atoms with van der Waals surface area (Å²) in [5, 5.41) is 16.6. The molecule has 27 heavy (non-hydrogen) atoms. The number of fused-ring (bicyclic) bond motifs is 1. The molecular formula is C21H39N3O2S. The van der Waals surface area contributed by atoms with Crippen molar-refractivity contribution in [3.8, 4) is 0 Å². The maximum atomic E-state index is 10.2. The van der Waals surface area contributed by atoms with Crippen molar-refractivity contribution in [2.45, 2.75) is 88.4 Å². The Morgan fingerprint density at radius 1 is 1.48 bits per heavy atom. The van der Waals surface area contributed by atoms with Gasteiger partial charge in [0, 0.05) is 37.2 Å². The number of rotatable bonds is 13. The number of aliphatic hydroxyl groups is 1. The zero-order valence-corrected chi connectivity index (χ0v) is 18.3. The Bertz CT molecular complexity index is 510. The van der Waals surface area contributed by atoms with Crippen molar-refractivity contribution in [2.75, 3.05) is 20.2 Å². The molecule has 1 aliphatic heterocycles. The highest BCUT2D eigenvalue weighted by Gasteiger charge is 2.59. The first-order valence-electron chi connectivity index (χ1n) is 10.5. The van der Waals surface area contributed by atoms with Crippen molar-refractivity contribution in [2.24, 2.45) is 0 Å². The van der Waals surface area contributed by atoms with Crippen LogP contribution in [-0.4, -0.2) is 59.3 Å². The molecule has 1 heterocycles. The molecule has 0 aromatic rings. The summed E-state index contributed by atoms with van der Waals surface area (Å²) in [5.41, 5.74) is 0. The first kappa shape index (κ1) is 22.6. The van der Waals surface area contributed by atoms with Crippen LogP contribution in [0, 0.1) is 0 Å². The first-order valence-corrected chi connectivity index (χ1v) is 10.9. The van der Waals surface area contributed by atoms with Crippen LogP contribution in [-0.2, 0) is 4.74 Å². The van der Waals surface area contributed by atoms with Crippen molar-refractivity contribution < 1.29 is 9.84 Å². The lowest BCUT2D eigenvalue weighted by atomic mass is 9.93. The number of thiol groups is 1. The number of ether oxygens (including phenoxy) is 1. The molecule has 6 atom stereocenters. The molecule has 3 unspecified atom stereocenters. The van der Waals surface area contributed by atoms with Crippen LogP contribution >= 0.6 is 12.6 Å². The maximum Gasteiger partial charge on any atom is 0.0950 e. The molecule has 0 radical (unpaired) electrons. The Morgan fingerprint density at radius 2 is 2.26 bits per heavy atom. The molecule has 1 aliphatic carbocycles.